The van der Waals surface area contributed by atoms with E-state index in [1.54, 1.807) is 45.9 Å². The maximum Gasteiger partial charge on any atom is 2.00 e. The van der Waals surface area contributed by atoms with Crippen molar-refractivity contribution in [3.8, 4) is 39.8 Å². The van der Waals surface area contributed by atoms with E-state index < -0.39 is 0 Å². The van der Waals surface area contributed by atoms with Crippen molar-refractivity contribution in [1.82, 2.24) is 9.97 Å². The van der Waals surface area contributed by atoms with Crippen LogP contribution in [-0.4, -0.2) is 36.4 Å². The number of aromatic nitrogens is 2. The number of rotatable bonds is 12. The molecule has 296 valence electrons. The van der Waals surface area contributed by atoms with E-state index in [1.165, 1.54) is 0 Å². The van der Waals surface area contributed by atoms with E-state index >= 15 is 0 Å². The molecule has 2 aromatic heterocycles. The minimum atomic E-state index is -0.115. The number of hydrogen-bond donors (Lipinski definition) is 1. The number of aliphatic hydroxyl groups is 1. The maximum atomic E-state index is 9.82. The molecule has 0 saturated heterocycles. The van der Waals surface area contributed by atoms with Gasteiger partial charge in [0.05, 0.1) is 21.3 Å². The molecule has 1 N–H and O–H groups in total. The predicted molar refractivity (Wildman–Crippen MR) is 232 cm³/mol. The van der Waals surface area contributed by atoms with Crippen LogP contribution in [0.1, 0.15) is 5.56 Å². The molecule has 0 spiro atoms. The second-order valence-corrected chi connectivity index (χ2v) is 12.9. The smallest absolute Gasteiger partial charge is 0.540 e. The minimum Gasteiger partial charge on any atom is -0.540 e. The van der Waals surface area contributed by atoms with Crippen LogP contribution in [0.5, 0.6) is 17.2 Å². The van der Waals surface area contributed by atoms with Crippen molar-refractivity contribution in [3.05, 3.63) is 200 Å². The summed E-state index contributed by atoms with van der Waals surface area (Å²) in [5, 5.41) is 9.82. The number of pyridine rings is 2. The Bertz CT molecular complexity index is 2270. The monoisotopic (exact) mass is 957 g/mol. The molecule has 0 bridgehead atoms. The first-order valence-electron chi connectivity index (χ1n) is 18.7. The Morgan fingerprint density at radius 3 is 1.25 bits per heavy atom. The first-order valence-corrected chi connectivity index (χ1v) is 18.7. The predicted octanol–water partition coefficient (Wildman–Crippen LogP) is 11.6. The topological polar surface area (TPSA) is 80.2 Å². The minimum absolute atomic E-state index is 0. The molecule has 2 heterocycles. The Labute approximate surface area is 360 Å². The maximum absolute atomic E-state index is 9.82. The second-order valence-electron chi connectivity index (χ2n) is 12.9. The van der Waals surface area contributed by atoms with Crippen LogP contribution in [-0.2, 0) is 27.7 Å². The number of aliphatic hydroxyl groups excluding tert-OH is 1. The SMILES string of the molecule is COc1c[c-]c(-c2cc(N(c3ccccc3)c3ccccc3)ccn2)c(CO)c1.COc1c[c-]c(-c2cc(N(c3ccccc3)c3ccccc3)ccn2)c(OC)c1.[Pt+2]. The Morgan fingerprint density at radius 2 is 0.864 bits per heavy atom. The van der Waals surface area contributed by atoms with Gasteiger partial charge in [0, 0.05) is 70.4 Å². The zero-order chi connectivity index (χ0) is 40.1. The molecule has 0 saturated carbocycles. The zero-order valence-electron chi connectivity index (χ0n) is 32.8. The number of benzene rings is 6. The summed E-state index contributed by atoms with van der Waals surface area (Å²) in [7, 11) is 4.86. The average molecular weight is 958 g/mol. The van der Waals surface area contributed by atoms with Gasteiger partial charge in [0.15, 0.2) is 0 Å². The third kappa shape index (κ3) is 10.1. The van der Waals surface area contributed by atoms with Gasteiger partial charge in [-0.05, 0) is 72.1 Å². The molecule has 0 amide bonds. The summed E-state index contributed by atoms with van der Waals surface area (Å²) in [5.41, 5.74) is 10.0. The number of anilines is 6. The van der Waals surface area contributed by atoms with Crippen LogP contribution in [0.3, 0.4) is 0 Å². The summed E-state index contributed by atoms with van der Waals surface area (Å²) in [6.07, 6.45) is 3.59. The zero-order valence-corrected chi connectivity index (χ0v) is 35.1. The molecule has 0 fully saturated rings. The van der Waals surface area contributed by atoms with Crippen molar-refractivity contribution < 1.29 is 40.4 Å². The van der Waals surface area contributed by atoms with E-state index in [0.29, 0.717) is 17.2 Å². The summed E-state index contributed by atoms with van der Waals surface area (Å²) < 4.78 is 16.1. The van der Waals surface area contributed by atoms with Gasteiger partial charge in [-0.15, -0.1) is 29.8 Å². The summed E-state index contributed by atoms with van der Waals surface area (Å²) in [6.45, 7) is -0.115. The van der Waals surface area contributed by atoms with Crippen molar-refractivity contribution in [2.45, 2.75) is 6.61 Å². The van der Waals surface area contributed by atoms with Crippen LogP contribution in [0.15, 0.2) is 182 Å². The molecule has 0 aliphatic heterocycles. The van der Waals surface area contributed by atoms with Crippen molar-refractivity contribution in [2.24, 2.45) is 0 Å². The van der Waals surface area contributed by atoms with E-state index in [0.717, 1.165) is 62.2 Å². The fraction of sp³-hybridized carbons (Fsp3) is 0.0800. The summed E-state index contributed by atoms with van der Waals surface area (Å²) in [5.74, 6) is 2.01. The Morgan fingerprint density at radius 1 is 0.475 bits per heavy atom. The average Bonchev–Trinajstić information content (AvgIpc) is 3.30. The first kappa shape index (κ1) is 41.9. The van der Waals surface area contributed by atoms with Crippen LogP contribution in [0.2, 0.25) is 0 Å². The Kier molecular flexibility index (Phi) is 14.6. The van der Waals surface area contributed by atoms with Crippen LogP contribution in [0.25, 0.3) is 22.5 Å². The first-order chi connectivity index (χ1) is 28.6. The molecule has 0 atom stereocenters. The van der Waals surface area contributed by atoms with E-state index in [-0.39, 0.29) is 27.7 Å². The van der Waals surface area contributed by atoms with E-state index in [4.69, 9.17) is 14.2 Å². The van der Waals surface area contributed by atoms with Gasteiger partial charge in [-0.2, -0.15) is 0 Å². The third-order valence-corrected chi connectivity index (χ3v) is 9.31. The summed E-state index contributed by atoms with van der Waals surface area (Å²) in [4.78, 5) is 13.5. The molecule has 0 aliphatic rings. The quantitative estimate of drug-likeness (QED) is 0.121. The van der Waals surface area contributed by atoms with Crippen LogP contribution < -0.4 is 24.0 Å². The van der Waals surface area contributed by atoms with Gasteiger partial charge in [0.25, 0.3) is 0 Å². The molecule has 8 aromatic rings. The van der Waals surface area contributed by atoms with Gasteiger partial charge in [-0.3, -0.25) is 0 Å². The fourth-order valence-corrected chi connectivity index (χ4v) is 6.53. The molecule has 8 nitrogen and oxygen atoms in total. The van der Waals surface area contributed by atoms with E-state index in [9.17, 15) is 5.11 Å². The van der Waals surface area contributed by atoms with Crippen molar-refractivity contribution >= 4 is 34.1 Å². The van der Waals surface area contributed by atoms with Gasteiger partial charge in [-0.1, -0.05) is 108 Å². The Hall–Kier alpha value is -6.73. The van der Waals surface area contributed by atoms with E-state index in [1.807, 2.05) is 109 Å². The molecular weight excluding hydrogens is 916 g/mol. The van der Waals surface area contributed by atoms with Gasteiger partial charge in [0.1, 0.15) is 0 Å². The Balaban J connectivity index is 0.000000195. The number of ether oxygens (including phenoxy) is 3. The molecular formula is C50H42N4O4Pt. The molecule has 6 aromatic carbocycles. The van der Waals surface area contributed by atoms with Crippen LogP contribution >= 0.6 is 0 Å². The number of methoxy groups -OCH3 is 3. The van der Waals surface area contributed by atoms with Gasteiger partial charge in [-0.25, -0.2) is 0 Å². The third-order valence-electron chi connectivity index (χ3n) is 9.31. The number of nitrogens with zero attached hydrogens (tertiary/aromatic N) is 4. The van der Waals surface area contributed by atoms with Gasteiger partial charge in [0.2, 0.25) is 0 Å². The van der Waals surface area contributed by atoms with Crippen LogP contribution in [0.4, 0.5) is 34.1 Å². The number of hydrogen-bond acceptors (Lipinski definition) is 8. The van der Waals surface area contributed by atoms with Crippen molar-refractivity contribution in [2.75, 3.05) is 31.1 Å². The van der Waals surface area contributed by atoms with Gasteiger partial charge >= 0.3 is 21.1 Å². The molecule has 0 unspecified atom stereocenters. The second kappa shape index (κ2) is 20.6. The molecule has 59 heavy (non-hydrogen) atoms. The fourth-order valence-electron chi connectivity index (χ4n) is 6.53. The molecule has 8 rings (SSSR count). The number of para-hydroxylation sites is 4. The van der Waals surface area contributed by atoms with E-state index in [2.05, 4.69) is 80.4 Å². The van der Waals surface area contributed by atoms with Crippen LogP contribution in [0, 0.1) is 12.1 Å². The van der Waals surface area contributed by atoms with Crippen molar-refractivity contribution in [3.63, 3.8) is 0 Å². The largest absolute Gasteiger partial charge is 2.00 e. The van der Waals surface area contributed by atoms with Gasteiger partial charge < -0.3 is 39.1 Å². The summed E-state index contributed by atoms with van der Waals surface area (Å²) in [6, 6.07) is 62.6. The standard InChI is InChI=1S/2C25H21N2O2.Pt/c1-28-22-13-14-23(25(18-22)29-2)24-17-21(15-16-26-24)27(19-9-5-3-6-10-19)20-11-7-4-8-12-20;1-29-23-12-13-24(19(16-23)18-28)25-17-22(14-15-26-25)27(20-8-4-2-5-9-20)21-10-6-3-7-11-21;/h3-13,15-18H,1-2H3;2-12,14-17,28H,18H2,1H3;/q2*-1;+2. The molecule has 0 radical (unpaired) electrons. The van der Waals surface area contributed by atoms with Crippen molar-refractivity contribution in [1.29, 1.82) is 0 Å². The molecule has 0 aliphatic carbocycles. The summed E-state index contributed by atoms with van der Waals surface area (Å²) >= 11 is 0. The normalized spacial score (nSPS) is 10.3. The molecule has 9 heteroatoms.